The molecule has 0 aromatic carbocycles. The highest BCUT2D eigenvalue weighted by Crippen LogP contribution is 2.31. The molecule has 2 aromatic rings. The molecule has 2 aromatic heterocycles. The lowest BCUT2D eigenvalue weighted by Gasteiger charge is -2.17. The van der Waals surface area contributed by atoms with Crippen LogP contribution in [0, 0.1) is 0 Å². The Morgan fingerprint density at radius 2 is 2.10 bits per heavy atom. The summed E-state index contributed by atoms with van der Waals surface area (Å²) in [6.07, 6.45) is 5.57. The van der Waals surface area contributed by atoms with E-state index in [-0.39, 0.29) is 5.56 Å². The average Bonchev–Trinajstić information content (AvgIpc) is 2.48. The summed E-state index contributed by atoms with van der Waals surface area (Å²) in [5.74, 6) is -0.952. The van der Waals surface area contributed by atoms with Gasteiger partial charge in [0.25, 0.3) is 0 Å². The third-order valence-corrected chi connectivity index (χ3v) is 4.58. The van der Waals surface area contributed by atoms with Crippen molar-refractivity contribution in [2.75, 3.05) is 0 Å². The molecule has 0 radical (unpaired) electrons. The number of aromatic carboxylic acids is 1. The molecule has 108 valence electrons. The van der Waals surface area contributed by atoms with Gasteiger partial charge in [-0.1, -0.05) is 11.6 Å². The molecule has 0 saturated carbocycles. The highest BCUT2D eigenvalue weighted by Gasteiger charge is 2.19. The molecule has 1 aliphatic carbocycles. The number of halogens is 1. The van der Waals surface area contributed by atoms with Crippen molar-refractivity contribution in [3.05, 3.63) is 46.2 Å². The normalized spacial score (nSPS) is 13.8. The second-order valence-corrected chi connectivity index (χ2v) is 6.32. The summed E-state index contributed by atoms with van der Waals surface area (Å²) in [6.45, 7) is 0. The van der Waals surface area contributed by atoms with Crippen LogP contribution in [0.25, 0.3) is 0 Å². The van der Waals surface area contributed by atoms with Crippen LogP contribution in [-0.4, -0.2) is 21.0 Å². The van der Waals surface area contributed by atoms with E-state index in [1.807, 2.05) is 0 Å². The number of aryl methyl sites for hydroxylation is 2. The van der Waals surface area contributed by atoms with Gasteiger partial charge in [0.05, 0.1) is 10.6 Å². The summed E-state index contributed by atoms with van der Waals surface area (Å²) in [4.78, 5) is 20.2. The van der Waals surface area contributed by atoms with Gasteiger partial charge in [-0.25, -0.2) is 14.8 Å². The van der Waals surface area contributed by atoms with Gasteiger partial charge in [0.2, 0.25) is 0 Å². The molecule has 6 heteroatoms. The van der Waals surface area contributed by atoms with E-state index in [4.69, 9.17) is 11.6 Å². The molecule has 0 saturated heterocycles. The van der Waals surface area contributed by atoms with Crippen LogP contribution < -0.4 is 0 Å². The van der Waals surface area contributed by atoms with Crippen molar-refractivity contribution >= 4 is 29.3 Å². The van der Waals surface area contributed by atoms with Crippen molar-refractivity contribution in [1.82, 2.24) is 9.97 Å². The molecule has 0 spiro atoms. The molecular weight excluding hydrogens is 308 g/mol. The highest BCUT2D eigenvalue weighted by atomic mass is 35.5. The third-order valence-electron chi connectivity index (χ3n) is 3.40. The average molecular weight is 321 g/mol. The first-order valence-electron chi connectivity index (χ1n) is 6.69. The standard InChI is InChI=1S/C15H13ClN2O2S/c16-10-5-6-13(17-8-10)21-14-11(15(19)20)7-9-3-1-2-4-12(9)18-14/h5-8H,1-4H2,(H,19,20). The SMILES string of the molecule is O=C(O)c1cc2c(nc1Sc1ccc(Cl)cn1)CCCC2. The quantitative estimate of drug-likeness (QED) is 0.930. The lowest BCUT2D eigenvalue weighted by molar-refractivity contribution is 0.0692. The van der Waals surface area contributed by atoms with Gasteiger partial charge in [-0.15, -0.1) is 0 Å². The number of hydrogen-bond donors (Lipinski definition) is 1. The van der Waals surface area contributed by atoms with E-state index in [9.17, 15) is 9.90 Å². The Hall–Kier alpha value is -1.59. The van der Waals surface area contributed by atoms with Crippen molar-refractivity contribution in [1.29, 1.82) is 0 Å². The highest BCUT2D eigenvalue weighted by molar-refractivity contribution is 7.99. The monoisotopic (exact) mass is 320 g/mol. The smallest absolute Gasteiger partial charge is 0.338 e. The fourth-order valence-corrected chi connectivity index (χ4v) is 3.33. The van der Waals surface area contributed by atoms with Crippen molar-refractivity contribution in [3.8, 4) is 0 Å². The van der Waals surface area contributed by atoms with Crippen LogP contribution in [0.15, 0.2) is 34.4 Å². The van der Waals surface area contributed by atoms with Gasteiger partial charge >= 0.3 is 5.97 Å². The lowest BCUT2D eigenvalue weighted by atomic mass is 9.95. The van der Waals surface area contributed by atoms with Crippen LogP contribution >= 0.6 is 23.4 Å². The van der Waals surface area contributed by atoms with Gasteiger partial charge in [-0.2, -0.15) is 0 Å². The van der Waals surface area contributed by atoms with Gasteiger partial charge in [0, 0.05) is 11.9 Å². The van der Waals surface area contributed by atoms with Gasteiger partial charge in [-0.3, -0.25) is 0 Å². The second-order valence-electron chi connectivity index (χ2n) is 4.88. The molecule has 21 heavy (non-hydrogen) atoms. The Balaban J connectivity index is 1.99. The summed E-state index contributed by atoms with van der Waals surface area (Å²) in [7, 11) is 0. The zero-order chi connectivity index (χ0) is 14.8. The topological polar surface area (TPSA) is 63.1 Å². The van der Waals surface area contributed by atoms with Crippen molar-refractivity contribution in [3.63, 3.8) is 0 Å². The molecule has 0 unspecified atom stereocenters. The molecule has 1 aliphatic rings. The van der Waals surface area contributed by atoms with E-state index >= 15 is 0 Å². The maximum atomic E-state index is 11.5. The molecule has 1 N–H and O–H groups in total. The van der Waals surface area contributed by atoms with Crippen molar-refractivity contribution < 1.29 is 9.90 Å². The summed E-state index contributed by atoms with van der Waals surface area (Å²) in [5.41, 5.74) is 2.33. The summed E-state index contributed by atoms with van der Waals surface area (Å²) >= 11 is 7.07. The number of nitrogens with zero attached hydrogens (tertiary/aromatic N) is 2. The molecule has 0 atom stereocenters. The fraction of sp³-hybridized carbons (Fsp3) is 0.267. The van der Waals surface area contributed by atoms with Gasteiger partial charge in [0.15, 0.2) is 0 Å². The van der Waals surface area contributed by atoms with Crippen molar-refractivity contribution in [2.45, 2.75) is 35.7 Å². The third kappa shape index (κ3) is 3.19. The minimum absolute atomic E-state index is 0.248. The molecule has 0 aliphatic heterocycles. The number of carbonyl (C=O) groups is 1. The number of carboxylic acids is 1. The predicted molar refractivity (Wildman–Crippen MR) is 81.2 cm³/mol. The van der Waals surface area contributed by atoms with E-state index in [0.29, 0.717) is 15.1 Å². The van der Waals surface area contributed by atoms with Gasteiger partial charge in [0.1, 0.15) is 10.1 Å². The maximum Gasteiger partial charge on any atom is 0.338 e. The number of hydrogen-bond acceptors (Lipinski definition) is 4. The molecule has 0 fully saturated rings. The number of aromatic nitrogens is 2. The van der Waals surface area contributed by atoms with Crippen LogP contribution in [0.1, 0.15) is 34.5 Å². The minimum Gasteiger partial charge on any atom is -0.478 e. The second kappa shape index (κ2) is 6.03. The molecule has 3 rings (SSSR count). The summed E-state index contributed by atoms with van der Waals surface area (Å²) in [6, 6.07) is 5.26. The first-order valence-corrected chi connectivity index (χ1v) is 7.88. The van der Waals surface area contributed by atoms with Gasteiger partial charge in [-0.05, 0) is 61.2 Å². The lowest BCUT2D eigenvalue weighted by Crippen LogP contribution is -2.10. The number of carboxylic acid groups (broad SMARTS) is 1. The summed E-state index contributed by atoms with van der Waals surface area (Å²) < 4.78 is 0. The fourth-order valence-electron chi connectivity index (χ4n) is 2.37. The Morgan fingerprint density at radius 3 is 2.81 bits per heavy atom. The van der Waals surface area contributed by atoms with E-state index in [1.54, 1.807) is 24.4 Å². The predicted octanol–water partition coefficient (Wildman–Crippen LogP) is 3.86. The van der Waals surface area contributed by atoms with Crippen LogP contribution in [0.3, 0.4) is 0 Å². The first kappa shape index (κ1) is 14.4. The molecule has 0 bridgehead atoms. The number of rotatable bonds is 3. The molecular formula is C15H13ClN2O2S. The number of pyridine rings is 2. The van der Waals surface area contributed by atoms with Crippen LogP contribution in [0.4, 0.5) is 0 Å². The van der Waals surface area contributed by atoms with E-state index in [0.717, 1.165) is 36.9 Å². The van der Waals surface area contributed by atoms with Gasteiger partial charge < -0.3 is 5.11 Å². The summed E-state index contributed by atoms with van der Waals surface area (Å²) in [5, 5.41) is 11.1. The molecule has 0 amide bonds. The minimum atomic E-state index is -0.952. The largest absolute Gasteiger partial charge is 0.478 e. The zero-order valence-electron chi connectivity index (χ0n) is 11.2. The Labute approximate surface area is 131 Å². The Kier molecular flexibility index (Phi) is 4.12. The van der Waals surface area contributed by atoms with E-state index < -0.39 is 5.97 Å². The molecule has 2 heterocycles. The van der Waals surface area contributed by atoms with Crippen LogP contribution in [-0.2, 0) is 12.8 Å². The van der Waals surface area contributed by atoms with Crippen molar-refractivity contribution in [2.24, 2.45) is 0 Å². The van der Waals surface area contributed by atoms with E-state index in [2.05, 4.69) is 9.97 Å². The maximum absolute atomic E-state index is 11.5. The molecule has 4 nitrogen and oxygen atoms in total. The Bertz CT molecular complexity index is 689. The Morgan fingerprint density at radius 1 is 1.29 bits per heavy atom. The van der Waals surface area contributed by atoms with E-state index in [1.165, 1.54) is 11.8 Å². The van der Waals surface area contributed by atoms with Crippen LogP contribution in [0.2, 0.25) is 5.02 Å². The van der Waals surface area contributed by atoms with Crippen LogP contribution in [0.5, 0.6) is 0 Å². The zero-order valence-corrected chi connectivity index (χ0v) is 12.7. The number of fused-ring (bicyclic) bond motifs is 1. The first-order chi connectivity index (χ1) is 10.1.